The third-order valence-electron chi connectivity index (χ3n) is 6.07. The topological polar surface area (TPSA) is 129 Å². The molecule has 2 aromatic carbocycles. The number of hydrogen-bond donors (Lipinski definition) is 3. The number of benzene rings is 2. The lowest BCUT2D eigenvalue weighted by molar-refractivity contribution is 0.0697. The molecule has 0 fully saturated rings. The molecule has 7 heteroatoms. The Morgan fingerprint density at radius 3 is 2.47 bits per heavy atom. The predicted octanol–water partition coefficient (Wildman–Crippen LogP) is 6.25. The lowest BCUT2D eigenvalue weighted by atomic mass is 9.81. The number of nitrogens with one attached hydrogen (secondary N) is 1. The number of nitrogen functional groups attached to an aromatic ring is 1. The van der Waals surface area contributed by atoms with Gasteiger partial charge in [0.25, 0.3) is 0 Å². The van der Waals surface area contributed by atoms with E-state index >= 15 is 0 Å². The minimum atomic E-state index is -0.990. The van der Waals surface area contributed by atoms with Gasteiger partial charge in [-0.25, -0.2) is 4.79 Å². The van der Waals surface area contributed by atoms with Crippen LogP contribution in [0.25, 0.3) is 22.0 Å². The standard InChI is InChI=1S/C27H25N5O2.C2H6/c1-27(2,9-10-28)25-24(18-5-7-19(8-6-18)26(33)34)21-13-22(30)20(14-29)12-23(21)32(25)16-17-4-3-11-31-15-17;1-2/h3-8,11-15,29H,9,16,30H2,1-2H3,(H,33,34);1-2H3. The first-order chi connectivity index (χ1) is 17.3. The number of nitrogens with zero attached hydrogens (tertiary/aromatic N) is 3. The van der Waals surface area contributed by atoms with Gasteiger partial charge in [0.05, 0.1) is 11.6 Å². The monoisotopic (exact) mass is 481 g/mol. The summed E-state index contributed by atoms with van der Waals surface area (Å²) in [6, 6.07) is 16.7. The molecule has 0 saturated heterocycles. The number of fused-ring (bicyclic) bond motifs is 1. The van der Waals surface area contributed by atoms with Crippen molar-refractivity contribution in [2.24, 2.45) is 0 Å². The molecule has 0 aliphatic rings. The van der Waals surface area contributed by atoms with Gasteiger partial charge in [-0.15, -0.1) is 0 Å². The zero-order chi connectivity index (χ0) is 26.5. The Morgan fingerprint density at radius 1 is 1.22 bits per heavy atom. The van der Waals surface area contributed by atoms with E-state index in [1.54, 1.807) is 30.5 Å². The van der Waals surface area contributed by atoms with Crippen LogP contribution in [0.2, 0.25) is 0 Å². The van der Waals surface area contributed by atoms with E-state index in [9.17, 15) is 15.2 Å². The molecule has 36 heavy (non-hydrogen) atoms. The summed E-state index contributed by atoms with van der Waals surface area (Å²) in [6.45, 7) is 8.57. The van der Waals surface area contributed by atoms with Crippen LogP contribution >= 0.6 is 0 Å². The van der Waals surface area contributed by atoms with Crippen molar-refractivity contribution in [2.45, 2.75) is 46.1 Å². The van der Waals surface area contributed by atoms with E-state index in [2.05, 4.69) is 15.6 Å². The van der Waals surface area contributed by atoms with Gasteiger partial charge in [-0.3, -0.25) is 4.98 Å². The number of aromatic carboxylic acids is 1. The highest BCUT2D eigenvalue weighted by molar-refractivity contribution is 6.04. The summed E-state index contributed by atoms with van der Waals surface area (Å²) in [4.78, 5) is 15.7. The molecule has 4 rings (SSSR count). The molecule has 0 amide bonds. The number of pyridine rings is 1. The van der Waals surface area contributed by atoms with E-state index in [-0.39, 0.29) is 12.0 Å². The van der Waals surface area contributed by atoms with Crippen LogP contribution in [0.5, 0.6) is 0 Å². The first-order valence-corrected chi connectivity index (χ1v) is 11.8. The van der Waals surface area contributed by atoms with Crippen LogP contribution in [-0.2, 0) is 12.0 Å². The van der Waals surface area contributed by atoms with Crippen molar-refractivity contribution in [1.82, 2.24) is 9.55 Å². The molecule has 2 aromatic heterocycles. The molecular weight excluding hydrogens is 450 g/mol. The van der Waals surface area contributed by atoms with Crippen LogP contribution in [0, 0.1) is 16.7 Å². The molecule has 0 atom stereocenters. The van der Waals surface area contributed by atoms with E-state index in [4.69, 9.17) is 11.1 Å². The molecule has 2 heterocycles. The molecule has 4 N–H and O–H groups in total. The minimum Gasteiger partial charge on any atom is -0.478 e. The number of anilines is 1. The normalized spacial score (nSPS) is 10.9. The summed E-state index contributed by atoms with van der Waals surface area (Å²) in [5, 5.41) is 27.7. The highest BCUT2D eigenvalue weighted by Crippen LogP contribution is 2.44. The number of nitriles is 1. The first kappa shape index (κ1) is 26.2. The van der Waals surface area contributed by atoms with Crippen molar-refractivity contribution < 1.29 is 9.90 Å². The number of carboxylic acid groups (broad SMARTS) is 1. The van der Waals surface area contributed by atoms with Crippen molar-refractivity contribution in [1.29, 1.82) is 10.7 Å². The molecule has 0 aliphatic heterocycles. The third kappa shape index (κ3) is 4.98. The number of carbonyl (C=O) groups is 1. The van der Waals surface area contributed by atoms with E-state index in [1.807, 2.05) is 58.2 Å². The number of carboxylic acids is 1. The molecule has 0 spiro atoms. The lowest BCUT2D eigenvalue weighted by Crippen LogP contribution is -2.22. The molecular formula is C29H31N5O2. The number of rotatable bonds is 7. The van der Waals surface area contributed by atoms with Gasteiger partial charge in [-0.05, 0) is 41.5 Å². The van der Waals surface area contributed by atoms with Gasteiger partial charge in [-0.1, -0.05) is 45.9 Å². The Hall–Kier alpha value is -4.44. The number of nitrogens with two attached hydrogens (primary N) is 1. The molecule has 7 nitrogen and oxygen atoms in total. The van der Waals surface area contributed by atoms with Crippen LogP contribution in [0.15, 0.2) is 60.9 Å². The Bertz CT molecular complexity index is 1430. The fourth-order valence-electron chi connectivity index (χ4n) is 4.45. The maximum atomic E-state index is 11.4. The Labute approximate surface area is 211 Å². The number of hydrogen-bond acceptors (Lipinski definition) is 5. The fraction of sp³-hybridized carbons (Fsp3) is 0.241. The third-order valence-corrected chi connectivity index (χ3v) is 6.07. The van der Waals surface area contributed by atoms with Gasteiger partial charge in [0.1, 0.15) is 0 Å². The molecule has 0 saturated carbocycles. The van der Waals surface area contributed by atoms with Crippen LogP contribution in [0.3, 0.4) is 0 Å². The lowest BCUT2D eigenvalue weighted by Gasteiger charge is -2.26. The quantitative estimate of drug-likeness (QED) is 0.212. The van der Waals surface area contributed by atoms with Gasteiger partial charge in [0.2, 0.25) is 0 Å². The Balaban J connectivity index is 0.00000176. The van der Waals surface area contributed by atoms with Gasteiger partial charge < -0.3 is 20.8 Å². The second kappa shape index (κ2) is 10.9. The Morgan fingerprint density at radius 2 is 1.92 bits per heavy atom. The van der Waals surface area contributed by atoms with Crippen molar-refractivity contribution in [3.8, 4) is 17.2 Å². The molecule has 0 unspecified atom stereocenters. The second-order valence-electron chi connectivity index (χ2n) is 8.91. The van der Waals surface area contributed by atoms with Crippen molar-refractivity contribution in [2.75, 3.05) is 5.73 Å². The smallest absolute Gasteiger partial charge is 0.335 e. The van der Waals surface area contributed by atoms with Crippen LogP contribution in [-0.4, -0.2) is 26.8 Å². The molecule has 0 bridgehead atoms. The maximum absolute atomic E-state index is 11.4. The van der Waals surface area contributed by atoms with Gasteiger partial charge in [-0.2, -0.15) is 5.26 Å². The molecule has 184 valence electrons. The minimum absolute atomic E-state index is 0.200. The van der Waals surface area contributed by atoms with Crippen molar-refractivity contribution >= 4 is 28.8 Å². The summed E-state index contributed by atoms with van der Waals surface area (Å²) in [5.41, 5.74) is 11.6. The van der Waals surface area contributed by atoms with Crippen LogP contribution in [0.4, 0.5) is 5.69 Å². The second-order valence-corrected chi connectivity index (χ2v) is 8.91. The summed E-state index contributed by atoms with van der Waals surface area (Å²) in [7, 11) is 0. The zero-order valence-corrected chi connectivity index (χ0v) is 21.0. The SMILES string of the molecule is CC.CC(C)(CC#N)c1c(-c2ccc(C(=O)O)cc2)c2cc(N)c(C=N)cc2n1Cc1cccnc1. The van der Waals surface area contributed by atoms with E-state index in [1.165, 1.54) is 6.21 Å². The van der Waals surface area contributed by atoms with E-state index < -0.39 is 11.4 Å². The summed E-state index contributed by atoms with van der Waals surface area (Å²) < 4.78 is 2.16. The van der Waals surface area contributed by atoms with Crippen LogP contribution in [0.1, 0.15) is 61.3 Å². The zero-order valence-electron chi connectivity index (χ0n) is 21.0. The largest absolute Gasteiger partial charge is 0.478 e. The van der Waals surface area contributed by atoms with Gasteiger partial charge in [0, 0.05) is 70.4 Å². The van der Waals surface area contributed by atoms with Gasteiger partial charge in [0.15, 0.2) is 0 Å². The molecule has 4 aromatic rings. The summed E-state index contributed by atoms with van der Waals surface area (Å²) in [5.74, 6) is -0.990. The fourth-order valence-corrected chi connectivity index (χ4v) is 4.45. The number of aromatic nitrogens is 2. The summed E-state index contributed by atoms with van der Waals surface area (Å²) >= 11 is 0. The maximum Gasteiger partial charge on any atom is 0.335 e. The van der Waals surface area contributed by atoms with Crippen LogP contribution < -0.4 is 5.73 Å². The van der Waals surface area contributed by atoms with E-state index in [0.29, 0.717) is 17.8 Å². The van der Waals surface area contributed by atoms with Gasteiger partial charge >= 0.3 is 5.97 Å². The Kier molecular flexibility index (Phi) is 7.90. The van der Waals surface area contributed by atoms with Crippen molar-refractivity contribution in [3.05, 3.63) is 83.3 Å². The highest BCUT2D eigenvalue weighted by Gasteiger charge is 2.31. The highest BCUT2D eigenvalue weighted by atomic mass is 16.4. The predicted molar refractivity (Wildman–Crippen MR) is 145 cm³/mol. The first-order valence-electron chi connectivity index (χ1n) is 11.8. The van der Waals surface area contributed by atoms with E-state index in [0.717, 1.165) is 33.3 Å². The molecule has 0 radical (unpaired) electrons. The summed E-state index contributed by atoms with van der Waals surface area (Å²) in [6.07, 6.45) is 5.05. The van der Waals surface area contributed by atoms with Crippen molar-refractivity contribution in [3.63, 3.8) is 0 Å². The average molecular weight is 482 g/mol. The molecule has 0 aliphatic carbocycles. The average Bonchev–Trinajstić information content (AvgIpc) is 3.18.